The summed E-state index contributed by atoms with van der Waals surface area (Å²) in [5, 5.41) is 14.8. The Kier molecular flexibility index (Phi) is 7.18. The lowest BCUT2D eigenvalue weighted by Gasteiger charge is -2.09. The molecular weight excluding hydrogens is 435 g/mol. The van der Waals surface area contributed by atoms with Crippen molar-refractivity contribution in [2.75, 3.05) is 11.1 Å². The van der Waals surface area contributed by atoms with Crippen molar-refractivity contribution in [2.24, 2.45) is 0 Å². The van der Waals surface area contributed by atoms with Gasteiger partial charge in [-0.3, -0.25) is 9.36 Å². The molecule has 0 bridgehead atoms. The summed E-state index contributed by atoms with van der Waals surface area (Å²) in [5.74, 6) is 0.701. The zero-order valence-corrected chi connectivity index (χ0v) is 18.3. The number of thiophene rings is 1. The maximum atomic E-state index is 12.4. The number of nitrogens with one attached hydrogen (secondary N) is 1. The number of amides is 1. The molecule has 5 nitrogen and oxygen atoms in total. The predicted octanol–water partition coefficient (Wildman–Crippen LogP) is 5.79. The van der Waals surface area contributed by atoms with Crippen LogP contribution in [0.1, 0.15) is 11.8 Å². The number of anilines is 1. The molecule has 1 N–H and O–H groups in total. The SMILES string of the molecule is C=CCn1c(SCC(=O)Nc2c(Cl)cccc2Cl)nnc1-c1csc(CC)c1. The van der Waals surface area contributed by atoms with Gasteiger partial charge in [-0.25, -0.2) is 0 Å². The monoisotopic (exact) mass is 452 g/mol. The number of aromatic nitrogens is 3. The molecule has 0 spiro atoms. The first-order valence-corrected chi connectivity index (χ1v) is 11.1. The van der Waals surface area contributed by atoms with Crippen molar-refractivity contribution in [2.45, 2.75) is 25.0 Å². The molecule has 0 aliphatic carbocycles. The Bertz CT molecular complexity index is 979. The van der Waals surface area contributed by atoms with Gasteiger partial charge >= 0.3 is 0 Å². The highest BCUT2D eigenvalue weighted by Gasteiger charge is 2.17. The highest BCUT2D eigenvalue weighted by Crippen LogP contribution is 2.31. The molecule has 28 heavy (non-hydrogen) atoms. The van der Waals surface area contributed by atoms with Crippen LogP contribution in [0.5, 0.6) is 0 Å². The van der Waals surface area contributed by atoms with Crippen molar-refractivity contribution in [3.63, 3.8) is 0 Å². The molecule has 0 aliphatic heterocycles. The van der Waals surface area contributed by atoms with Crippen molar-refractivity contribution in [1.82, 2.24) is 14.8 Å². The average Bonchev–Trinajstić information content (AvgIpc) is 3.30. The summed E-state index contributed by atoms with van der Waals surface area (Å²) in [6, 6.07) is 7.20. The van der Waals surface area contributed by atoms with E-state index in [2.05, 4.69) is 40.5 Å². The van der Waals surface area contributed by atoms with Gasteiger partial charge in [0, 0.05) is 22.4 Å². The zero-order chi connectivity index (χ0) is 20.1. The quantitative estimate of drug-likeness (QED) is 0.346. The second-order valence-electron chi connectivity index (χ2n) is 5.79. The molecule has 146 valence electrons. The number of allylic oxidation sites excluding steroid dienone is 1. The minimum atomic E-state index is -0.224. The molecule has 3 rings (SSSR count). The van der Waals surface area contributed by atoms with Crippen LogP contribution in [0.2, 0.25) is 10.0 Å². The van der Waals surface area contributed by atoms with Gasteiger partial charge in [0.2, 0.25) is 5.91 Å². The van der Waals surface area contributed by atoms with E-state index in [0.29, 0.717) is 27.4 Å². The Morgan fingerprint density at radius 1 is 1.36 bits per heavy atom. The number of carbonyl (C=O) groups is 1. The Morgan fingerprint density at radius 3 is 2.75 bits per heavy atom. The summed E-state index contributed by atoms with van der Waals surface area (Å²) in [6.07, 6.45) is 2.76. The Morgan fingerprint density at radius 2 is 2.11 bits per heavy atom. The zero-order valence-electron chi connectivity index (χ0n) is 15.1. The van der Waals surface area contributed by atoms with Gasteiger partial charge in [-0.2, -0.15) is 0 Å². The van der Waals surface area contributed by atoms with Gasteiger partial charge in [-0.05, 0) is 24.6 Å². The normalized spacial score (nSPS) is 10.8. The van der Waals surface area contributed by atoms with Gasteiger partial charge in [0.05, 0.1) is 21.5 Å². The number of nitrogens with zero attached hydrogens (tertiary/aromatic N) is 3. The predicted molar refractivity (Wildman–Crippen MR) is 119 cm³/mol. The largest absolute Gasteiger partial charge is 0.323 e. The minimum absolute atomic E-state index is 0.153. The molecule has 0 saturated heterocycles. The third kappa shape index (κ3) is 4.78. The number of hydrogen-bond acceptors (Lipinski definition) is 5. The minimum Gasteiger partial charge on any atom is -0.323 e. The fraction of sp³-hybridized carbons (Fsp3) is 0.211. The highest BCUT2D eigenvalue weighted by atomic mass is 35.5. The number of benzene rings is 1. The number of thioether (sulfide) groups is 1. The van der Waals surface area contributed by atoms with E-state index in [1.807, 2.05) is 4.57 Å². The van der Waals surface area contributed by atoms with Crippen molar-refractivity contribution < 1.29 is 4.79 Å². The summed E-state index contributed by atoms with van der Waals surface area (Å²) < 4.78 is 1.95. The van der Waals surface area contributed by atoms with Gasteiger partial charge in [-0.15, -0.1) is 28.1 Å². The maximum absolute atomic E-state index is 12.4. The van der Waals surface area contributed by atoms with Crippen LogP contribution in [0.4, 0.5) is 5.69 Å². The van der Waals surface area contributed by atoms with Crippen LogP contribution >= 0.6 is 46.3 Å². The summed E-state index contributed by atoms with van der Waals surface area (Å²) in [4.78, 5) is 13.6. The van der Waals surface area contributed by atoms with Gasteiger partial charge in [0.15, 0.2) is 11.0 Å². The van der Waals surface area contributed by atoms with Crippen LogP contribution in [0.25, 0.3) is 11.4 Å². The number of hydrogen-bond donors (Lipinski definition) is 1. The van der Waals surface area contributed by atoms with E-state index in [9.17, 15) is 4.79 Å². The van der Waals surface area contributed by atoms with Crippen molar-refractivity contribution in [3.8, 4) is 11.4 Å². The number of para-hydroxylation sites is 1. The molecule has 0 radical (unpaired) electrons. The lowest BCUT2D eigenvalue weighted by molar-refractivity contribution is -0.113. The van der Waals surface area contributed by atoms with Gasteiger partial charge in [0.25, 0.3) is 0 Å². The van der Waals surface area contributed by atoms with E-state index in [-0.39, 0.29) is 11.7 Å². The van der Waals surface area contributed by atoms with Gasteiger partial charge in [-0.1, -0.05) is 54.0 Å². The van der Waals surface area contributed by atoms with Crippen LogP contribution in [-0.4, -0.2) is 26.4 Å². The van der Waals surface area contributed by atoms with Crippen LogP contribution < -0.4 is 5.32 Å². The van der Waals surface area contributed by atoms with E-state index < -0.39 is 0 Å². The third-order valence-electron chi connectivity index (χ3n) is 3.85. The standard InChI is InChI=1S/C19H18Cl2N4OS2/c1-3-8-25-18(12-9-13(4-2)27-10-12)23-24-19(25)28-11-16(26)22-17-14(20)6-5-7-15(17)21/h3,5-7,9-10H,1,4,8,11H2,2H3,(H,22,26). The molecule has 0 atom stereocenters. The van der Waals surface area contributed by atoms with Gasteiger partial charge < -0.3 is 5.32 Å². The summed E-state index contributed by atoms with van der Waals surface area (Å²) in [7, 11) is 0. The first-order valence-electron chi connectivity index (χ1n) is 8.52. The van der Waals surface area contributed by atoms with E-state index in [0.717, 1.165) is 17.8 Å². The molecule has 1 aromatic carbocycles. The van der Waals surface area contributed by atoms with Crippen LogP contribution in [0.3, 0.4) is 0 Å². The first kappa shape index (κ1) is 20.9. The van der Waals surface area contributed by atoms with Crippen molar-refractivity contribution in [1.29, 1.82) is 0 Å². The smallest absolute Gasteiger partial charge is 0.234 e. The van der Waals surface area contributed by atoms with Crippen LogP contribution in [0.15, 0.2) is 47.5 Å². The fourth-order valence-electron chi connectivity index (χ4n) is 2.51. The third-order valence-corrected chi connectivity index (χ3v) is 6.53. The molecule has 2 heterocycles. The second kappa shape index (κ2) is 9.60. The number of carbonyl (C=O) groups excluding carboxylic acids is 1. The van der Waals surface area contributed by atoms with E-state index in [4.69, 9.17) is 23.2 Å². The van der Waals surface area contributed by atoms with Crippen molar-refractivity contribution >= 4 is 57.9 Å². The molecule has 0 saturated carbocycles. The van der Waals surface area contributed by atoms with Crippen LogP contribution in [-0.2, 0) is 17.8 Å². The van der Waals surface area contributed by atoms with E-state index >= 15 is 0 Å². The topological polar surface area (TPSA) is 59.8 Å². The Balaban J connectivity index is 1.73. The molecule has 3 aromatic rings. The number of aryl methyl sites for hydroxylation is 1. The van der Waals surface area contributed by atoms with Gasteiger partial charge in [0.1, 0.15) is 0 Å². The number of halogens is 2. The van der Waals surface area contributed by atoms with Crippen molar-refractivity contribution in [3.05, 3.63) is 57.2 Å². The van der Waals surface area contributed by atoms with Crippen LogP contribution in [0, 0.1) is 0 Å². The Hall–Kier alpha value is -1.80. The molecule has 1 amide bonds. The van der Waals surface area contributed by atoms with E-state index in [1.165, 1.54) is 16.6 Å². The average molecular weight is 453 g/mol. The fourth-order valence-corrected chi connectivity index (χ4v) is 4.56. The van der Waals surface area contributed by atoms with E-state index in [1.54, 1.807) is 35.6 Å². The molecule has 0 aliphatic rings. The Labute approximate surface area is 181 Å². The summed E-state index contributed by atoms with van der Waals surface area (Å²) in [5.41, 5.74) is 1.44. The highest BCUT2D eigenvalue weighted by molar-refractivity contribution is 7.99. The molecule has 0 unspecified atom stereocenters. The lowest BCUT2D eigenvalue weighted by atomic mass is 10.2. The summed E-state index contributed by atoms with van der Waals surface area (Å²) in [6.45, 7) is 6.49. The molecule has 9 heteroatoms. The molecule has 0 fully saturated rings. The maximum Gasteiger partial charge on any atom is 0.234 e. The molecular formula is C19H18Cl2N4OS2. The lowest BCUT2D eigenvalue weighted by Crippen LogP contribution is -2.15. The number of rotatable bonds is 8. The summed E-state index contributed by atoms with van der Waals surface area (Å²) >= 11 is 15.2. The molecule has 2 aromatic heterocycles. The second-order valence-corrected chi connectivity index (χ2v) is 8.55. The first-order chi connectivity index (χ1) is 13.5.